The van der Waals surface area contributed by atoms with Crippen molar-refractivity contribution in [3.63, 3.8) is 0 Å². The normalized spacial score (nSPS) is 17.8. The highest BCUT2D eigenvalue weighted by atomic mass is 35.5. The van der Waals surface area contributed by atoms with E-state index >= 15 is 4.39 Å². The molecule has 3 N–H and O–H groups in total. The van der Waals surface area contributed by atoms with Crippen molar-refractivity contribution in [1.29, 1.82) is 0 Å². The Bertz CT molecular complexity index is 1950. The van der Waals surface area contributed by atoms with Gasteiger partial charge >= 0.3 is 5.97 Å². The number of likely N-dealkylation sites (tertiary alicyclic amines) is 2. The molecule has 260 valence electrons. The van der Waals surface area contributed by atoms with Gasteiger partial charge in [-0.05, 0) is 50.2 Å². The number of hydrogen-bond donors (Lipinski definition) is 3. The van der Waals surface area contributed by atoms with Gasteiger partial charge in [-0.2, -0.15) is 0 Å². The van der Waals surface area contributed by atoms with E-state index in [1.807, 2.05) is 17.0 Å². The number of hydrogen-bond acceptors (Lipinski definition) is 9. The summed E-state index contributed by atoms with van der Waals surface area (Å²) in [6, 6.07) is 12.6. The number of halogens is 3. The summed E-state index contributed by atoms with van der Waals surface area (Å²) in [4.78, 5) is 40.9. The highest BCUT2D eigenvalue weighted by Crippen LogP contribution is 2.42. The number of pyridine rings is 3. The number of carbonyl (C=O) groups is 2. The number of piperidine rings is 1. The van der Waals surface area contributed by atoms with Crippen molar-refractivity contribution in [2.24, 2.45) is 11.3 Å². The van der Waals surface area contributed by atoms with E-state index in [0.29, 0.717) is 90.1 Å². The van der Waals surface area contributed by atoms with E-state index in [2.05, 4.69) is 25.5 Å². The summed E-state index contributed by atoms with van der Waals surface area (Å²) < 4.78 is 21.4. The summed E-state index contributed by atoms with van der Waals surface area (Å²) in [5, 5.41) is 15.9. The second-order valence-corrected chi connectivity index (χ2v) is 14.1. The monoisotopic (exact) mass is 719 g/mol. The van der Waals surface area contributed by atoms with E-state index in [4.69, 9.17) is 32.9 Å². The minimum Gasteiger partial charge on any atom is -0.481 e. The van der Waals surface area contributed by atoms with Gasteiger partial charge in [0.15, 0.2) is 11.6 Å². The number of ether oxygens (including phenoxy) is 1. The first kappa shape index (κ1) is 34.1. The predicted molar refractivity (Wildman–Crippen MR) is 188 cm³/mol. The molecule has 3 aliphatic heterocycles. The molecule has 7 rings (SSSR count). The Balaban J connectivity index is 1.08. The van der Waals surface area contributed by atoms with Crippen LogP contribution in [0.25, 0.3) is 22.5 Å². The molecule has 3 fully saturated rings. The van der Waals surface area contributed by atoms with Gasteiger partial charge in [-0.25, -0.2) is 14.4 Å². The Kier molecular flexibility index (Phi) is 9.62. The topological polar surface area (TPSA) is 133 Å². The van der Waals surface area contributed by atoms with E-state index in [9.17, 15) is 14.7 Å². The van der Waals surface area contributed by atoms with Crippen LogP contribution in [0.1, 0.15) is 30.4 Å². The van der Waals surface area contributed by atoms with Crippen LogP contribution in [0.4, 0.5) is 15.9 Å². The molecule has 0 aliphatic carbocycles. The maximum Gasteiger partial charge on any atom is 0.306 e. The van der Waals surface area contributed by atoms with Crippen molar-refractivity contribution in [3.8, 4) is 28.4 Å². The van der Waals surface area contributed by atoms with Gasteiger partial charge in [0.25, 0.3) is 0 Å². The molecule has 0 atom stereocenters. The minimum absolute atomic E-state index is 0.0213. The summed E-state index contributed by atoms with van der Waals surface area (Å²) in [7, 11) is 1.59. The molecule has 6 heterocycles. The van der Waals surface area contributed by atoms with Gasteiger partial charge in [-0.3, -0.25) is 24.4 Å². The van der Waals surface area contributed by atoms with E-state index in [-0.39, 0.29) is 28.1 Å². The summed E-state index contributed by atoms with van der Waals surface area (Å²) in [6.45, 7) is 4.56. The average Bonchev–Trinajstić information content (AvgIpc) is 3.49. The molecule has 3 aromatic heterocycles. The molecule has 4 aromatic rings. The van der Waals surface area contributed by atoms with Crippen molar-refractivity contribution in [1.82, 2.24) is 30.1 Å². The fraction of sp³-hybridized carbons (Fsp3) is 0.361. The number of carboxylic acid groups (broad SMARTS) is 1. The highest BCUT2D eigenvalue weighted by molar-refractivity contribution is 6.39. The van der Waals surface area contributed by atoms with Crippen molar-refractivity contribution in [2.45, 2.75) is 32.4 Å². The summed E-state index contributed by atoms with van der Waals surface area (Å²) in [5.74, 6) is -1.02. The fourth-order valence-electron chi connectivity index (χ4n) is 7.19. The number of anilines is 2. The largest absolute Gasteiger partial charge is 0.481 e. The summed E-state index contributed by atoms with van der Waals surface area (Å²) in [6.07, 6.45) is 4.81. The Labute approximate surface area is 298 Å². The zero-order valence-electron chi connectivity index (χ0n) is 27.4. The standard InChI is InChI=1S/C36H36Cl2FN7O4/c1-50-34-23(17-46-19-36(20-46)15-28(47)42-18-36)5-6-26(44-34)24-8-12-40-32(30(24)38)25-3-2-4-27(29(25)37)43-33-31(39)22(7-11-41-33)16-45-13-9-21(10-14-45)35(48)49/h2-8,11-12,21H,9-10,13-20H2,1H3,(H,41,43)(H,42,47)(H,48,49). The number of aromatic nitrogens is 3. The summed E-state index contributed by atoms with van der Waals surface area (Å²) >= 11 is 13.9. The number of carbonyl (C=O) groups excluding carboxylic acids is 1. The molecule has 0 bridgehead atoms. The molecule has 0 saturated carbocycles. The molecule has 14 heteroatoms. The molecule has 3 saturated heterocycles. The molecule has 11 nitrogen and oxygen atoms in total. The van der Waals surface area contributed by atoms with Crippen molar-refractivity contribution in [3.05, 3.63) is 81.8 Å². The van der Waals surface area contributed by atoms with Crippen LogP contribution in [0.15, 0.2) is 54.9 Å². The maximum atomic E-state index is 15.7. The first-order chi connectivity index (χ1) is 24.1. The van der Waals surface area contributed by atoms with Crippen LogP contribution < -0.4 is 15.4 Å². The second-order valence-electron chi connectivity index (χ2n) is 13.3. The van der Waals surface area contributed by atoms with E-state index in [0.717, 1.165) is 25.2 Å². The summed E-state index contributed by atoms with van der Waals surface area (Å²) in [5.41, 5.74) is 4.05. The van der Waals surface area contributed by atoms with Gasteiger partial charge in [0.2, 0.25) is 11.8 Å². The van der Waals surface area contributed by atoms with Crippen LogP contribution in [0.5, 0.6) is 5.88 Å². The van der Waals surface area contributed by atoms with Gasteiger partial charge in [0, 0.05) is 79.2 Å². The third-order valence-electron chi connectivity index (χ3n) is 9.81. The number of aliphatic carboxylic acids is 1. The van der Waals surface area contributed by atoms with Crippen LogP contribution in [-0.4, -0.2) is 81.6 Å². The lowest BCUT2D eigenvalue weighted by Crippen LogP contribution is -2.56. The SMILES string of the molecule is COc1nc(-c2ccnc(-c3cccc(Nc4nccc(CN5CCC(C(=O)O)CC5)c4F)c3Cl)c2Cl)ccc1CN1CC2(CNC(=O)C2)C1. The minimum atomic E-state index is -0.783. The maximum absolute atomic E-state index is 15.7. The number of nitrogens with one attached hydrogen (secondary N) is 2. The number of nitrogens with zero attached hydrogens (tertiary/aromatic N) is 5. The third kappa shape index (κ3) is 6.85. The molecule has 1 amide bonds. The molecular formula is C36H36Cl2FN7O4. The molecule has 0 radical (unpaired) electrons. The van der Waals surface area contributed by atoms with Crippen molar-refractivity contribution >= 4 is 46.6 Å². The predicted octanol–water partition coefficient (Wildman–Crippen LogP) is 6.02. The molecular weight excluding hydrogens is 684 g/mol. The third-order valence-corrected chi connectivity index (χ3v) is 10.6. The molecule has 1 spiro atoms. The van der Waals surface area contributed by atoms with Crippen LogP contribution in [0.3, 0.4) is 0 Å². The molecule has 50 heavy (non-hydrogen) atoms. The van der Waals surface area contributed by atoms with Gasteiger partial charge in [-0.15, -0.1) is 0 Å². The number of rotatable bonds is 10. The number of carboxylic acids is 1. The molecule has 0 unspecified atom stereocenters. The number of benzene rings is 1. The van der Waals surface area contributed by atoms with Gasteiger partial charge < -0.3 is 20.5 Å². The van der Waals surface area contributed by atoms with Gasteiger partial charge in [0.1, 0.15) is 0 Å². The molecule has 1 aromatic carbocycles. The van der Waals surface area contributed by atoms with E-state index < -0.39 is 11.8 Å². The first-order valence-electron chi connectivity index (χ1n) is 16.5. The second kappa shape index (κ2) is 14.1. The lowest BCUT2D eigenvalue weighted by molar-refractivity contribution is -0.143. The van der Waals surface area contributed by atoms with Gasteiger partial charge in [0.05, 0.1) is 40.1 Å². The number of amides is 1. The van der Waals surface area contributed by atoms with Crippen LogP contribution in [0, 0.1) is 17.2 Å². The quantitative estimate of drug-likeness (QED) is 0.179. The zero-order valence-corrected chi connectivity index (χ0v) is 28.9. The Morgan fingerprint density at radius 1 is 1.02 bits per heavy atom. The zero-order chi connectivity index (χ0) is 35.0. The van der Waals surface area contributed by atoms with Crippen molar-refractivity contribution in [2.75, 3.05) is 45.2 Å². The number of methoxy groups -OCH3 is 1. The van der Waals surface area contributed by atoms with Crippen LogP contribution >= 0.6 is 23.2 Å². The van der Waals surface area contributed by atoms with Crippen LogP contribution in [-0.2, 0) is 22.7 Å². The first-order valence-corrected chi connectivity index (χ1v) is 17.2. The van der Waals surface area contributed by atoms with E-state index in [1.54, 1.807) is 43.6 Å². The highest BCUT2D eigenvalue weighted by Gasteiger charge is 2.48. The molecule has 3 aliphatic rings. The Morgan fingerprint density at radius 2 is 1.78 bits per heavy atom. The van der Waals surface area contributed by atoms with Gasteiger partial charge in [-0.1, -0.05) is 41.4 Å². The lowest BCUT2D eigenvalue weighted by Gasteiger charge is -2.47. The van der Waals surface area contributed by atoms with Crippen LogP contribution in [0.2, 0.25) is 10.0 Å². The smallest absolute Gasteiger partial charge is 0.306 e. The van der Waals surface area contributed by atoms with Crippen molar-refractivity contribution < 1.29 is 23.8 Å². The average molecular weight is 721 g/mol. The Hall–Kier alpha value is -4.36. The van der Waals surface area contributed by atoms with E-state index in [1.165, 1.54) is 6.20 Å². The Morgan fingerprint density at radius 3 is 2.50 bits per heavy atom. The lowest BCUT2D eigenvalue weighted by atomic mass is 9.79. The fourth-order valence-corrected chi connectivity index (χ4v) is 7.76.